The van der Waals surface area contributed by atoms with Crippen molar-refractivity contribution in [3.8, 4) is 17.2 Å². The molecule has 2 aromatic carbocycles. The van der Waals surface area contributed by atoms with Crippen LogP contribution >= 0.6 is 0 Å². The Balaban J connectivity index is 1.62. The summed E-state index contributed by atoms with van der Waals surface area (Å²) < 4.78 is 58.2. The van der Waals surface area contributed by atoms with E-state index in [0.29, 0.717) is 5.69 Å². The van der Waals surface area contributed by atoms with Crippen LogP contribution < -0.4 is 19.5 Å². The number of methoxy groups -OCH3 is 1. The normalized spacial score (nSPS) is 11.7. The minimum Gasteiger partial charge on any atom is -0.494 e. The molecule has 33 heavy (non-hydrogen) atoms. The number of aliphatic hydroxyl groups excluding tert-OH is 2. The molecule has 1 atom stereocenters. The van der Waals surface area contributed by atoms with Gasteiger partial charge in [0.05, 0.1) is 31.7 Å². The maximum Gasteiger partial charge on any atom is 0.227 e. The summed E-state index contributed by atoms with van der Waals surface area (Å²) in [6, 6.07) is 5.26. The Kier molecular flexibility index (Phi) is 7.91. The Hall–Kier alpha value is -3.57. The largest absolute Gasteiger partial charge is 0.494 e. The van der Waals surface area contributed by atoms with Crippen LogP contribution in [-0.4, -0.2) is 46.6 Å². The fourth-order valence-corrected chi connectivity index (χ4v) is 2.76. The average molecular weight is 465 g/mol. The quantitative estimate of drug-likeness (QED) is 0.419. The van der Waals surface area contributed by atoms with E-state index in [0.717, 1.165) is 6.07 Å². The number of benzene rings is 2. The molecule has 3 N–H and O–H groups in total. The summed E-state index contributed by atoms with van der Waals surface area (Å²) >= 11 is 0. The van der Waals surface area contributed by atoms with E-state index < -0.39 is 36.8 Å². The van der Waals surface area contributed by atoms with Crippen LogP contribution in [0.1, 0.15) is 11.1 Å². The number of hydrogen-bond donors (Lipinski definition) is 3. The Morgan fingerprint density at radius 2 is 1.76 bits per heavy atom. The smallest absolute Gasteiger partial charge is 0.227 e. The van der Waals surface area contributed by atoms with Crippen molar-refractivity contribution in [3.63, 3.8) is 0 Å². The predicted molar refractivity (Wildman–Crippen MR) is 112 cm³/mol. The maximum atomic E-state index is 14.3. The topological polar surface area (TPSA) is 106 Å². The predicted octanol–water partition coefficient (Wildman–Crippen LogP) is 3.27. The molecule has 1 aromatic heterocycles. The van der Waals surface area contributed by atoms with Gasteiger partial charge in [0.25, 0.3) is 0 Å². The van der Waals surface area contributed by atoms with Gasteiger partial charge >= 0.3 is 0 Å². The summed E-state index contributed by atoms with van der Waals surface area (Å²) in [6.45, 7) is 0.336. The molecule has 0 radical (unpaired) electrons. The lowest BCUT2D eigenvalue weighted by atomic mass is 10.1. The van der Waals surface area contributed by atoms with Crippen molar-refractivity contribution in [3.05, 3.63) is 65.2 Å². The van der Waals surface area contributed by atoms with E-state index in [1.165, 1.54) is 44.6 Å². The van der Waals surface area contributed by atoms with Crippen LogP contribution in [0.5, 0.6) is 17.2 Å². The van der Waals surface area contributed by atoms with Crippen LogP contribution in [0.25, 0.3) is 0 Å². The van der Waals surface area contributed by atoms with Gasteiger partial charge in [-0.15, -0.1) is 0 Å². The van der Waals surface area contributed by atoms with Gasteiger partial charge in [0.2, 0.25) is 5.95 Å². The fourth-order valence-electron chi connectivity index (χ4n) is 2.76. The number of hydrogen-bond acceptors (Lipinski definition) is 8. The summed E-state index contributed by atoms with van der Waals surface area (Å²) in [6.07, 6.45) is 1.47. The van der Waals surface area contributed by atoms with Gasteiger partial charge in [-0.1, -0.05) is 0 Å². The van der Waals surface area contributed by atoms with Crippen molar-refractivity contribution in [1.82, 2.24) is 9.97 Å². The molecule has 0 aliphatic carbocycles. The number of aliphatic hydroxyl groups is 2. The highest BCUT2D eigenvalue weighted by Crippen LogP contribution is 2.27. The summed E-state index contributed by atoms with van der Waals surface area (Å²) in [4.78, 5) is 8.06. The van der Waals surface area contributed by atoms with Crippen molar-refractivity contribution >= 4 is 11.6 Å². The van der Waals surface area contributed by atoms with Crippen molar-refractivity contribution < 1.29 is 37.6 Å². The van der Waals surface area contributed by atoms with E-state index in [4.69, 9.17) is 19.3 Å². The van der Waals surface area contributed by atoms with Crippen molar-refractivity contribution in [2.24, 2.45) is 0 Å². The highest BCUT2D eigenvalue weighted by atomic mass is 19.1. The molecular weight excluding hydrogens is 443 g/mol. The minimum atomic E-state index is -1.11. The van der Waals surface area contributed by atoms with Gasteiger partial charge in [-0.25, -0.2) is 23.1 Å². The van der Waals surface area contributed by atoms with Gasteiger partial charge in [0.1, 0.15) is 25.1 Å². The molecule has 0 saturated carbocycles. The second-order valence-electron chi connectivity index (χ2n) is 6.95. The molecule has 0 fully saturated rings. The second-order valence-corrected chi connectivity index (χ2v) is 6.95. The van der Waals surface area contributed by atoms with Crippen LogP contribution in [0.15, 0.2) is 36.7 Å². The third kappa shape index (κ3) is 6.02. The van der Waals surface area contributed by atoms with Crippen LogP contribution in [0.3, 0.4) is 0 Å². The van der Waals surface area contributed by atoms with E-state index in [9.17, 15) is 18.3 Å². The molecule has 176 valence electrons. The average Bonchev–Trinajstić information content (AvgIpc) is 2.81. The minimum absolute atomic E-state index is 0.0866. The summed E-state index contributed by atoms with van der Waals surface area (Å²) in [7, 11) is 1.29. The Bertz CT molecular complexity index is 1100. The van der Waals surface area contributed by atoms with E-state index in [1.54, 1.807) is 0 Å². The van der Waals surface area contributed by atoms with Gasteiger partial charge in [0.15, 0.2) is 28.9 Å². The molecule has 0 spiro atoms. The zero-order valence-corrected chi connectivity index (χ0v) is 17.8. The lowest BCUT2D eigenvalue weighted by Gasteiger charge is -2.13. The van der Waals surface area contributed by atoms with Gasteiger partial charge in [-0.3, -0.25) is 0 Å². The molecule has 1 heterocycles. The zero-order chi connectivity index (χ0) is 24.0. The molecule has 8 nitrogen and oxygen atoms in total. The summed E-state index contributed by atoms with van der Waals surface area (Å²) in [5.74, 6) is -2.16. The fraction of sp³-hybridized carbons (Fsp3) is 0.273. The van der Waals surface area contributed by atoms with Crippen LogP contribution in [0.2, 0.25) is 0 Å². The molecule has 0 amide bonds. The summed E-state index contributed by atoms with van der Waals surface area (Å²) in [5, 5.41) is 20.8. The third-order valence-electron chi connectivity index (χ3n) is 4.50. The van der Waals surface area contributed by atoms with E-state index in [-0.39, 0.29) is 40.9 Å². The highest BCUT2D eigenvalue weighted by Gasteiger charge is 2.18. The van der Waals surface area contributed by atoms with E-state index >= 15 is 0 Å². The molecule has 0 aliphatic rings. The Labute approximate surface area is 187 Å². The van der Waals surface area contributed by atoms with Gasteiger partial charge < -0.3 is 29.7 Å². The van der Waals surface area contributed by atoms with Gasteiger partial charge in [-0.05, 0) is 30.7 Å². The summed E-state index contributed by atoms with van der Waals surface area (Å²) in [5.41, 5.74) is 0.265. The molecule has 0 bridgehead atoms. The maximum absolute atomic E-state index is 14.3. The number of aryl methyl sites for hydroxylation is 1. The molecule has 3 rings (SSSR count). The first-order valence-electron chi connectivity index (χ1n) is 9.77. The van der Waals surface area contributed by atoms with Crippen molar-refractivity contribution in [2.45, 2.75) is 19.6 Å². The number of ether oxygens (including phenoxy) is 3. The van der Waals surface area contributed by atoms with Gasteiger partial charge in [0, 0.05) is 11.8 Å². The first-order chi connectivity index (χ1) is 15.8. The molecule has 0 aliphatic heterocycles. The van der Waals surface area contributed by atoms with E-state index in [1.807, 2.05) is 0 Å². The number of rotatable bonds is 10. The lowest BCUT2D eigenvalue weighted by molar-refractivity contribution is 0.0523. The molecule has 0 saturated heterocycles. The Morgan fingerprint density at radius 1 is 1.03 bits per heavy atom. The van der Waals surface area contributed by atoms with Crippen molar-refractivity contribution in [1.29, 1.82) is 0 Å². The van der Waals surface area contributed by atoms with Gasteiger partial charge in [-0.2, -0.15) is 0 Å². The number of nitrogens with one attached hydrogen (secondary N) is 1. The first-order valence-corrected chi connectivity index (χ1v) is 9.77. The lowest BCUT2D eigenvalue weighted by Crippen LogP contribution is -2.21. The monoisotopic (exact) mass is 465 g/mol. The Morgan fingerprint density at radius 3 is 2.39 bits per heavy atom. The molecular formula is C22H22F3N3O5. The zero-order valence-electron chi connectivity index (χ0n) is 17.8. The van der Waals surface area contributed by atoms with Crippen LogP contribution in [-0.2, 0) is 6.61 Å². The standard InChI is InChI=1S/C22H22F3N3O5/c1-12-5-19(31-2)21(25)16(20(12)24)11-32-15-7-26-22(27-8-15)28-13-3-4-18(17(23)6-13)33-10-14(30)9-29/h3-8,14,29-30H,9-11H2,1-2H3,(H,26,27,28). The molecule has 3 aromatic rings. The number of aromatic nitrogens is 2. The number of halogens is 3. The van der Waals surface area contributed by atoms with Crippen LogP contribution in [0, 0.1) is 24.4 Å². The molecule has 11 heteroatoms. The van der Waals surface area contributed by atoms with Crippen molar-refractivity contribution in [2.75, 3.05) is 25.6 Å². The van der Waals surface area contributed by atoms with Crippen LogP contribution in [0.4, 0.5) is 24.8 Å². The highest BCUT2D eigenvalue weighted by molar-refractivity contribution is 5.55. The third-order valence-corrected chi connectivity index (χ3v) is 4.50. The number of anilines is 2. The SMILES string of the molecule is COc1cc(C)c(F)c(COc2cnc(Nc3ccc(OCC(O)CO)c(F)c3)nc2)c1F. The second kappa shape index (κ2) is 10.8. The first kappa shape index (κ1) is 24.1. The molecule has 1 unspecified atom stereocenters. The number of nitrogens with zero attached hydrogens (tertiary/aromatic N) is 2. The van der Waals surface area contributed by atoms with E-state index in [2.05, 4.69) is 15.3 Å².